The number of nitrogens with zero attached hydrogens (tertiary/aromatic N) is 2. The maximum Gasteiger partial charge on any atom is 0.134 e. The average molecular weight is 238 g/mol. The fourth-order valence-electron chi connectivity index (χ4n) is 1.61. The minimum Gasteiger partial charge on any atom is -0.393 e. The maximum atomic E-state index is 9.48. The van der Waals surface area contributed by atoms with Gasteiger partial charge >= 0.3 is 0 Å². The zero-order valence-corrected chi connectivity index (χ0v) is 11.0. The van der Waals surface area contributed by atoms with Gasteiger partial charge in [0.1, 0.15) is 17.5 Å². The second-order valence-corrected chi connectivity index (χ2v) is 4.12. The van der Waals surface area contributed by atoms with Crippen molar-refractivity contribution in [3.63, 3.8) is 0 Å². The Morgan fingerprint density at radius 2 is 1.88 bits per heavy atom. The Balaban J connectivity index is 2.67. The highest BCUT2D eigenvalue weighted by Gasteiger charge is 2.08. The number of hydrogen-bond acceptors (Lipinski definition) is 5. The lowest BCUT2D eigenvalue weighted by Crippen LogP contribution is -2.14. The molecule has 0 saturated heterocycles. The van der Waals surface area contributed by atoms with Gasteiger partial charge in [-0.3, -0.25) is 0 Å². The molecule has 0 spiro atoms. The van der Waals surface area contributed by atoms with Crippen LogP contribution in [0, 0.1) is 13.8 Å². The van der Waals surface area contributed by atoms with Gasteiger partial charge in [0.15, 0.2) is 0 Å². The first kappa shape index (κ1) is 13.7. The maximum absolute atomic E-state index is 9.48. The molecule has 5 heteroatoms. The van der Waals surface area contributed by atoms with E-state index in [9.17, 15) is 5.11 Å². The summed E-state index contributed by atoms with van der Waals surface area (Å²) >= 11 is 0. The van der Waals surface area contributed by atoms with E-state index in [0.29, 0.717) is 0 Å². The van der Waals surface area contributed by atoms with E-state index in [-0.39, 0.29) is 6.10 Å². The summed E-state index contributed by atoms with van der Waals surface area (Å²) in [4.78, 5) is 8.66. The fraction of sp³-hybridized carbons (Fsp3) is 0.667. The van der Waals surface area contributed by atoms with Crippen molar-refractivity contribution in [2.45, 2.75) is 39.7 Å². The van der Waals surface area contributed by atoms with Crippen LogP contribution < -0.4 is 10.6 Å². The number of hydrogen-bond donors (Lipinski definition) is 3. The van der Waals surface area contributed by atoms with Crippen LogP contribution in [0.15, 0.2) is 0 Å². The van der Waals surface area contributed by atoms with E-state index in [1.165, 1.54) is 0 Å². The van der Waals surface area contributed by atoms with Crippen LogP contribution in [0.2, 0.25) is 0 Å². The Hall–Kier alpha value is -1.36. The van der Waals surface area contributed by atoms with E-state index in [1.54, 1.807) is 0 Å². The predicted octanol–water partition coefficient (Wildman–Crippen LogP) is 1.71. The largest absolute Gasteiger partial charge is 0.393 e. The van der Waals surface area contributed by atoms with Crippen LogP contribution in [0.5, 0.6) is 0 Å². The van der Waals surface area contributed by atoms with Gasteiger partial charge < -0.3 is 15.7 Å². The first-order chi connectivity index (χ1) is 8.08. The number of anilines is 2. The highest BCUT2D eigenvalue weighted by Crippen LogP contribution is 2.19. The van der Waals surface area contributed by atoms with Gasteiger partial charge in [-0.05, 0) is 26.7 Å². The van der Waals surface area contributed by atoms with E-state index in [1.807, 2.05) is 27.8 Å². The molecule has 0 saturated carbocycles. The molecular formula is C12H22N4O. The summed E-state index contributed by atoms with van der Waals surface area (Å²) in [5.41, 5.74) is 1.00. The van der Waals surface area contributed by atoms with Crippen molar-refractivity contribution in [3.05, 3.63) is 11.4 Å². The molecule has 0 aromatic carbocycles. The Bertz CT molecular complexity index is 368. The van der Waals surface area contributed by atoms with Crippen LogP contribution in [0.3, 0.4) is 0 Å². The first-order valence-corrected chi connectivity index (χ1v) is 6.03. The lowest BCUT2D eigenvalue weighted by molar-refractivity contribution is 0.164. The Labute approximate surface area is 103 Å². The van der Waals surface area contributed by atoms with Crippen molar-refractivity contribution in [3.8, 4) is 0 Å². The summed E-state index contributed by atoms with van der Waals surface area (Å²) in [6.07, 6.45) is 1.27. The van der Waals surface area contributed by atoms with E-state index >= 15 is 0 Å². The molecule has 3 N–H and O–H groups in total. The van der Waals surface area contributed by atoms with Gasteiger partial charge in [-0.1, -0.05) is 6.92 Å². The lowest BCUT2D eigenvalue weighted by Gasteiger charge is -2.13. The van der Waals surface area contributed by atoms with Gasteiger partial charge in [-0.25, -0.2) is 9.97 Å². The van der Waals surface area contributed by atoms with Crippen LogP contribution in [-0.2, 0) is 0 Å². The van der Waals surface area contributed by atoms with Gasteiger partial charge in [0, 0.05) is 19.2 Å². The van der Waals surface area contributed by atoms with Crippen molar-refractivity contribution < 1.29 is 5.11 Å². The third-order valence-electron chi connectivity index (χ3n) is 2.74. The van der Waals surface area contributed by atoms with E-state index in [0.717, 1.165) is 42.4 Å². The Kier molecular flexibility index (Phi) is 5.15. The van der Waals surface area contributed by atoms with E-state index < -0.39 is 0 Å². The molecule has 1 heterocycles. The molecule has 1 aromatic rings. The monoisotopic (exact) mass is 238 g/mol. The molecule has 0 amide bonds. The fourth-order valence-corrected chi connectivity index (χ4v) is 1.61. The number of aliphatic hydroxyl groups is 1. The predicted molar refractivity (Wildman–Crippen MR) is 70.5 cm³/mol. The smallest absolute Gasteiger partial charge is 0.134 e. The van der Waals surface area contributed by atoms with Crippen molar-refractivity contribution in [1.82, 2.24) is 9.97 Å². The van der Waals surface area contributed by atoms with Gasteiger partial charge in [0.25, 0.3) is 0 Å². The van der Waals surface area contributed by atoms with Crippen molar-refractivity contribution in [2.24, 2.45) is 0 Å². The first-order valence-electron chi connectivity index (χ1n) is 6.03. The second kappa shape index (κ2) is 6.39. The minimum atomic E-state index is -0.241. The zero-order chi connectivity index (χ0) is 12.8. The minimum absolute atomic E-state index is 0.241. The molecule has 96 valence electrons. The van der Waals surface area contributed by atoms with Crippen molar-refractivity contribution in [1.29, 1.82) is 0 Å². The Morgan fingerprint density at radius 1 is 1.24 bits per heavy atom. The molecule has 0 aliphatic rings. The molecule has 0 aliphatic carbocycles. The number of nitrogens with one attached hydrogen (secondary N) is 2. The summed E-state index contributed by atoms with van der Waals surface area (Å²) in [5, 5.41) is 15.8. The highest BCUT2D eigenvalue weighted by molar-refractivity contribution is 5.56. The quantitative estimate of drug-likeness (QED) is 0.704. The van der Waals surface area contributed by atoms with Gasteiger partial charge in [-0.15, -0.1) is 0 Å². The second-order valence-electron chi connectivity index (χ2n) is 4.12. The molecule has 1 unspecified atom stereocenters. The zero-order valence-electron chi connectivity index (χ0n) is 11.0. The van der Waals surface area contributed by atoms with E-state index in [4.69, 9.17) is 0 Å². The molecule has 1 rings (SSSR count). The van der Waals surface area contributed by atoms with Crippen LogP contribution in [0.25, 0.3) is 0 Å². The summed E-state index contributed by atoms with van der Waals surface area (Å²) in [6, 6.07) is 0. The van der Waals surface area contributed by atoms with Crippen LogP contribution >= 0.6 is 0 Å². The highest BCUT2D eigenvalue weighted by atomic mass is 16.3. The molecule has 17 heavy (non-hydrogen) atoms. The third-order valence-corrected chi connectivity index (χ3v) is 2.74. The summed E-state index contributed by atoms with van der Waals surface area (Å²) in [6.45, 7) is 6.54. The number of aromatic nitrogens is 2. The SMILES string of the molecule is CCC(O)CCNc1nc(C)nc(NC)c1C. The summed E-state index contributed by atoms with van der Waals surface area (Å²) in [7, 11) is 1.85. The molecular weight excluding hydrogens is 216 g/mol. The number of aliphatic hydroxyl groups excluding tert-OH is 1. The third kappa shape index (κ3) is 3.85. The number of aryl methyl sites for hydroxylation is 1. The topological polar surface area (TPSA) is 70.1 Å². The lowest BCUT2D eigenvalue weighted by atomic mass is 10.2. The van der Waals surface area contributed by atoms with E-state index in [2.05, 4.69) is 20.6 Å². The Morgan fingerprint density at radius 3 is 2.47 bits per heavy atom. The number of rotatable bonds is 6. The molecule has 0 fully saturated rings. The normalized spacial score (nSPS) is 12.3. The summed E-state index contributed by atoms with van der Waals surface area (Å²) < 4.78 is 0. The van der Waals surface area contributed by atoms with Crippen LogP contribution in [0.1, 0.15) is 31.2 Å². The van der Waals surface area contributed by atoms with Crippen LogP contribution in [-0.4, -0.2) is 34.8 Å². The molecule has 1 atom stereocenters. The molecule has 0 radical (unpaired) electrons. The van der Waals surface area contributed by atoms with Gasteiger partial charge in [0.2, 0.25) is 0 Å². The molecule has 0 aliphatic heterocycles. The average Bonchev–Trinajstić information content (AvgIpc) is 2.32. The molecule has 0 bridgehead atoms. The summed E-state index contributed by atoms with van der Waals surface area (Å²) in [5.74, 6) is 2.42. The van der Waals surface area contributed by atoms with Crippen molar-refractivity contribution in [2.75, 3.05) is 24.2 Å². The van der Waals surface area contributed by atoms with Crippen LogP contribution in [0.4, 0.5) is 11.6 Å². The molecule has 1 aromatic heterocycles. The van der Waals surface area contributed by atoms with Gasteiger partial charge in [-0.2, -0.15) is 0 Å². The standard InChI is InChI=1S/C12H22N4O/c1-5-10(17)6-7-14-12-8(2)11(13-4)15-9(3)16-12/h10,17H,5-7H2,1-4H3,(H2,13,14,15,16). The molecule has 5 nitrogen and oxygen atoms in total. The van der Waals surface area contributed by atoms with Crippen molar-refractivity contribution >= 4 is 11.6 Å². The van der Waals surface area contributed by atoms with Gasteiger partial charge in [0.05, 0.1) is 6.10 Å².